The van der Waals surface area contributed by atoms with Crippen LogP contribution in [0.25, 0.3) is 0 Å². The summed E-state index contributed by atoms with van der Waals surface area (Å²) in [4.78, 5) is 15.7. The van der Waals surface area contributed by atoms with E-state index in [0.29, 0.717) is 11.7 Å². The topological polar surface area (TPSA) is 23.6 Å². The molecule has 2 aliphatic heterocycles. The second-order valence-electron chi connectivity index (χ2n) is 3.92. The van der Waals surface area contributed by atoms with Gasteiger partial charge in [0.05, 0.1) is 11.7 Å². The second-order valence-corrected chi connectivity index (χ2v) is 3.92. The summed E-state index contributed by atoms with van der Waals surface area (Å²) in [6, 6.07) is 0.424. The minimum Gasteiger partial charge on any atom is -0.337 e. The van der Waals surface area contributed by atoms with Gasteiger partial charge in [0.2, 0.25) is 0 Å². The number of piperazine rings is 1. The average molecular weight is 192 g/mol. The van der Waals surface area contributed by atoms with Gasteiger partial charge in [0.1, 0.15) is 0 Å². The molecular formula is C11H16N2O. The molecule has 0 aromatic carbocycles. The number of rotatable bonds is 1. The van der Waals surface area contributed by atoms with Gasteiger partial charge in [0.15, 0.2) is 0 Å². The zero-order valence-electron chi connectivity index (χ0n) is 8.62. The summed E-state index contributed by atoms with van der Waals surface area (Å²) in [6.45, 7) is 11.4. The molecule has 0 saturated carbocycles. The lowest BCUT2D eigenvalue weighted by Crippen LogP contribution is -2.50. The van der Waals surface area contributed by atoms with Gasteiger partial charge in [-0.05, 0) is 19.8 Å². The Morgan fingerprint density at radius 2 is 2.21 bits per heavy atom. The Hall–Kier alpha value is -1.25. The third-order valence-electron chi connectivity index (χ3n) is 3.11. The second kappa shape index (κ2) is 3.15. The third-order valence-corrected chi connectivity index (χ3v) is 3.11. The molecule has 0 bridgehead atoms. The number of fused-ring (bicyclic) bond motifs is 1. The van der Waals surface area contributed by atoms with E-state index in [1.165, 1.54) is 0 Å². The first kappa shape index (κ1) is 9.31. The highest BCUT2D eigenvalue weighted by atomic mass is 16.2. The number of likely N-dealkylation sites (N-methyl/N-ethyl adjacent to an activating group) is 1. The lowest BCUT2D eigenvalue weighted by Gasteiger charge is -2.39. The molecule has 1 atom stereocenters. The number of carbonyl (C=O) groups excluding carboxylic acids is 1. The van der Waals surface area contributed by atoms with E-state index in [2.05, 4.69) is 13.2 Å². The van der Waals surface area contributed by atoms with Crippen LogP contribution in [0.1, 0.15) is 19.8 Å². The van der Waals surface area contributed by atoms with Crippen LogP contribution in [0.2, 0.25) is 0 Å². The fraction of sp³-hybridized carbons (Fsp3) is 0.545. The van der Waals surface area contributed by atoms with E-state index in [0.717, 1.165) is 31.6 Å². The van der Waals surface area contributed by atoms with Crippen molar-refractivity contribution in [2.24, 2.45) is 0 Å². The lowest BCUT2D eigenvalue weighted by atomic mass is 10.1. The Morgan fingerprint density at radius 1 is 1.50 bits per heavy atom. The molecule has 2 aliphatic rings. The largest absolute Gasteiger partial charge is 0.337 e. The minimum atomic E-state index is 0.0619. The summed E-state index contributed by atoms with van der Waals surface area (Å²) in [5.41, 5.74) is 1.65. The van der Waals surface area contributed by atoms with Crippen molar-refractivity contribution in [2.75, 3.05) is 13.1 Å². The standard InChI is InChI=1S/C11H16N2O/c1-4-12-7-10-6-5-8(2)13(10)9(3)11(12)14/h10H,2-7H2,1H3/t10-/m0/s1. The van der Waals surface area contributed by atoms with Crippen LogP contribution in [0.5, 0.6) is 0 Å². The van der Waals surface area contributed by atoms with Gasteiger partial charge in [-0.3, -0.25) is 4.79 Å². The Labute approximate surface area is 84.7 Å². The Balaban J connectivity index is 2.25. The maximum absolute atomic E-state index is 11.8. The fourth-order valence-electron chi connectivity index (χ4n) is 2.32. The summed E-state index contributed by atoms with van der Waals surface area (Å²) >= 11 is 0. The van der Waals surface area contributed by atoms with Gasteiger partial charge in [-0.25, -0.2) is 0 Å². The summed E-state index contributed by atoms with van der Waals surface area (Å²) in [7, 11) is 0. The molecule has 3 heteroatoms. The minimum absolute atomic E-state index is 0.0619. The van der Waals surface area contributed by atoms with Gasteiger partial charge >= 0.3 is 0 Å². The SMILES string of the molecule is C=C1CC[C@H]2CN(CC)C(=O)C(=C)N12. The van der Waals surface area contributed by atoms with Gasteiger partial charge in [-0.2, -0.15) is 0 Å². The highest BCUT2D eigenvalue weighted by molar-refractivity contribution is 5.93. The Bertz CT molecular complexity index is 308. The zero-order valence-corrected chi connectivity index (χ0v) is 8.62. The van der Waals surface area contributed by atoms with E-state index in [9.17, 15) is 4.79 Å². The lowest BCUT2D eigenvalue weighted by molar-refractivity contribution is -0.131. The Kier molecular flexibility index (Phi) is 2.10. The Morgan fingerprint density at radius 3 is 2.86 bits per heavy atom. The van der Waals surface area contributed by atoms with Crippen LogP contribution in [-0.2, 0) is 4.79 Å². The first-order valence-electron chi connectivity index (χ1n) is 5.10. The van der Waals surface area contributed by atoms with Crippen LogP contribution in [0, 0.1) is 0 Å². The molecule has 0 spiro atoms. The molecule has 2 saturated heterocycles. The molecule has 0 aliphatic carbocycles. The van der Waals surface area contributed by atoms with Gasteiger partial charge < -0.3 is 9.80 Å². The average Bonchev–Trinajstić information content (AvgIpc) is 2.54. The van der Waals surface area contributed by atoms with Crippen molar-refractivity contribution in [3.05, 3.63) is 24.6 Å². The molecule has 2 heterocycles. The molecule has 14 heavy (non-hydrogen) atoms. The van der Waals surface area contributed by atoms with E-state index in [-0.39, 0.29) is 5.91 Å². The number of amides is 1. The molecule has 3 nitrogen and oxygen atoms in total. The van der Waals surface area contributed by atoms with Gasteiger partial charge in [-0.1, -0.05) is 13.2 Å². The van der Waals surface area contributed by atoms with Gasteiger partial charge in [0.25, 0.3) is 5.91 Å². The zero-order chi connectivity index (χ0) is 10.3. The smallest absolute Gasteiger partial charge is 0.269 e. The molecule has 2 fully saturated rings. The van der Waals surface area contributed by atoms with Crippen LogP contribution in [0.15, 0.2) is 24.6 Å². The summed E-state index contributed by atoms with van der Waals surface area (Å²) in [5.74, 6) is 0.0619. The van der Waals surface area contributed by atoms with E-state index >= 15 is 0 Å². The fourth-order valence-corrected chi connectivity index (χ4v) is 2.32. The van der Waals surface area contributed by atoms with Crippen molar-refractivity contribution in [2.45, 2.75) is 25.8 Å². The molecule has 1 amide bonds. The van der Waals surface area contributed by atoms with Crippen LogP contribution in [-0.4, -0.2) is 34.8 Å². The first-order chi connectivity index (χ1) is 6.65. The van der Waals surface area contributed by atoms with Crippen LogP contribution in [0.4, 0.5) is 0 Å². The summed E-state index contributed by atoms with van der Waals surface area (Å²) in [6.07, 6.45) is 2.09. The highest BCUT2D eigenvalue weighted by Crippen LogP contribution is 2.33. The predicted molar refractivity (Wildman–Crippen MR) is 55.4 cm³/mol. The number of carbonyl (C=O) groups is 1. The van der Waals surface area contributed by atoms with E-state index < -0.39 is 0 Å². The first-order valence-corrected chi connectivity index (χ1v) is 5.10. The molecule has 0 unspecified atom stereocenters. The third kappa shape index (κ3) is 1.15. The number of allylic oxidation sites excluding steroid dienone is 1. The summed E-state index contributed by atoms with van der Waals surface area (Å²) < 4.78 is 0. The van der Waals surface area contributed by atoms with E-state index in [1.807, 2.05) is 16.7 Å². The van der Waals surface area contributed by atoms with Crippen molar-refractivity contribution >= 4 is 5.91 Å². The van der Waals surface area contributed by atoms with Crippen molar-refractivity contribution < 1.29 is 4.79 Å². The quantitative estimate of drug-likeness (QED) is 0.585. The monoisotopic (exact) mass is 192 g/mol. The van der Waals surface area contributed by atoms with Crippen LogP contribution in [0.3, 0.4) is 0 Å². The molecule has 2 rings (SSSR count). The predicted octanol–water partition coefficient (Wildman–Crippen LogP) is 1.34. The van der Waals surface area contributed by atoms with Crippen LogP contribution < -0.4 is 0 Å². The number of hydrogen-bond acceptors (Lipinski definition) is 2. The maximum Gasteiger partial charge on any atom is 0.269 e. The van der Waals surface area contributed by atoms with E-state index in [1.54, 1.807) is 0 Å². The van der Waals surface area contributed by atoms with Crippen molar-refractivity contribution in [3.63, 3.8) is 0 Å². The molecule has 0 aromatic rings. The number of hydrogen-bond donors (Lipinski definition) is 0. The van der Waals surface area contributed by atoms with Gasteiger partial charge in [0, 0.05) is 18.8 Å². The van der Waals surface area contributed by atoms with E-state index in [4.69, 9.17) is 0 Å². The highest BCUT2D eigenvalue weighted by Gasteiger charge is 2.38. The number of nitrogens with zero attached hydrogens (tertiary/aromatic N) is 2. The maximum atomic E-state index is 11.8. The molecule has 0 N–H and O–H groups in total. The molecule has 0 aromatic heterocycles. The van der Waals surface area contributed by atoms with Crippen molar-refractivity contribution in [3.8, 4) is 0 Å². The van der Waals surface area contributed by atoms with Crippen LogP contribution >= 0.6 is 0 Å². The normalized spacial score (nSPS) is 27.2. The molecule has 76 valence electrons. The summed E-state index contributed by atoms with van der Waals surface area (Å²) in [5, 5.41) is 0. The van der Waals surface area contributed by atoms with Gasteiger partial charge in [-0.15, -0.1) is 0 Å². The van der Waals surface area contributed by atoms with Crippen molar-refractivity contribution in [1.29, 1.82) is 0 Å². The van der Waals surface area contributed by atoms with Crippen molar-refractivity contribution in [1.82, 2.24) is 9.80 Å². The molecular weight excluding hydrogens is 176 g/mol. The molecule has 0 radical (unpaired) electrons.